The monoisotopic (exact) mass is 583 g/mol. The van der Waals surface area contributed by atoms with Crippen molar-refractivity contribution in [2.75, 3.05) is 23.7 Å². The largest absolute Gasteiger partial charge is 0.354 e. The Bertz CT molecular complexity index is 1360. The van der Waals surface area contributed by atoms with E-state index in [-0.39, 0.29) is 31.3 Å². The van der Waals surface area contributed by atoms with Gasteiger partial charge in [-0.05, 0) is 54.7 Å². The molecule has 3 aromatic rings. The first kappa shape index (κ1) is 31.2. The fourth-order valence-electron chi connectivity index (χ4n) is 4.53. The second kappa shape index (κ2) is 14.9. The molecule has 0 bridgehead atoms. The van der Waals surface area contributed by atoms with Crippen LogP contribution in [-0.2, 0) is 32.6 Å². The summed E-state index contributed by atoms with van der Waals surface area (Å²) in [4.78, 5) is 28.8. The van der Waals surface area contributed by atoms with Crippen LogP contribution in [0.4, 0.5) is 5.69 Å². The lowest BCUT2D eigenvalue weighted by Crippen LogP contribution is -2.50. The summed E-state index contributed by atoms with van der Waals surface area (Å²) in [7, 11) is -3.56. The summed E-state index contributed by atoms with van der Waals surface area (Å²) >= 11 is 6.09. The molecule has 214 valence electrons. The van der Waals surface area contributed by atoms with Gasteiger partial charge in [-0.3, -0.25) is 13.9 Å². The Morgan fingerprint density at radius 3 is 2.20 bits per heavy atom. The Morgan fingerprint density at radius 1 is 0.925 bits per heavy atom. The number of anilines is 1. The molecule has 0 radical (unpaired) electrons. The third kappa shape index (κ3) is 9.10. The summed E-state index contributed by atoms with van der Waals surface area (Å²) in [5, 5.41) is 3.55. The number of hydrogen-bond donors (Lipinski definition) is 1. The highest BCUT2D eigenvalue weighted by Gasteiger charge is 2.30. The molecule has 0 spiro atoms. The molecule has 0 aliphatic carbocycles. The second-order valence-electron chi connectivity index (χ2n) is 9.87. The van der Waals surface area contributed by atoms with E-state index in [1.807, 2.05) is 68.4 Å². The molecule has 2 amide bonds. The summed E-state index contributed by atoms with van der Waals surface area (Å²) in [6.07, 6.45) is 2.68. The average molecular weight is 584 g/mol. The molecular weight excluding hydrogens is 546 g/mol. The molecule has 0 aliphatic rings. The molecule has 0 aromatic heterocycles. The number of amides is 2. The Labute approximate surface area is 243 Å². The molecule has 1 N–H and O–H groups in total. The number of rotatable bonds is 14. The maximum absolute atomic E-state index is 13.8. The van der Waals surface area contributed by atoms with Crippen LogP contribution in [0, 0.1) is 6.92 Å². The van der Waals surface area contributed by atoms with E-state index in [2.05, 4.69) is 5.32 Å². The van der Waals surface area contributed by atoms with E-state index in [4.69, 9.17) is 11.6 Å². The number of aryl methyl sites for hydroxylation is 1. The fraction of sp³-hybridized carbons (Fsp3) is 0.355. The van der Waals surface area contributed by atoms with Gasteiger partial charge in [-0.2, -0.15) is 0 Å². The summed E-state index contributed by atoms with van der Waals surface area (Å²) in [6, 6.07) is 23.4. The molecule has 0 saturated carbocycles. The van der Waals surface area contributed by atoms with E-state index >= 15 is 0 Å². The number of nitrogens with zero attached hydrogens (tertiary/aromatic N) is 2. The van der Waals surface area contributed by atoms with Crippen LogP contribution in [0.15, 0.2) is 78.9 Å². The van der Waals surface area contributed by atoms with Gasteiger partial charge in [-0.1, -0.05) is 79.2 Å². The highest BCUT2D eigenvalue weighted by atomic mass is 35.5. The fourth-order valence-corrected chi connectivity index (χ4v) is 5.68. The van der Waals surface area contributed by atoms with Gasteiger partial charge in [-0.25, -0.2) is 8.42 Å². The number of sulfonamides is 1. The van der Waals surface area contributed by atoms with Crippen LogP contribution >= 0.6 is 11.6 Å². The van der Waals surface area contributed by atoms with Gasteiger partial charge in [-0.15, -0.1) is 0 Å². The van der Waals surface area contributed by atoms with E-state index in [1.54, 1.807) is 29.2 Å². The highest BCUT2D eigenvalue weighted by Crippen LogP contribution is 2.23. The number of halogens is 1. The molecule has 0 unspecified atom stereocenters. The quantitative estimate of drug-likeness (QED) is 0.277. The SMILES string of the molecule is CCCNC(=O)[C@H](Cc1ccccc1)N(Cc1ccc(Cl)cc1)C(=O)CCCN(c1ccccc1C)S(C)(=O)=O. The van der Waals surface area contributed by atoms with Crippen molar-refractivity contribution in [1.29, 1.82) is 0 Å². The normalized spacial score (nSPS) is 12.0. The van der Waals surface area contributed by atoms with Crippen LogP contribution < -0.4 is 9.62 Å². The van der Waals surface area contributed by atoms with E-state index in [0.717, 1.165) is 23.1 Å². The molecule has 0 heterocycles. The van der Waals surface area contributed by atoms with Crippen LogP contribution in [-0.4, -0.2) is 50.5 Å². The minimum atomic E-state index is -3.56. The topological polar surface area (TPSA) is 86.8 Å². The van der Waals surface area contributed by atoms with Gasteiger partial charge < -0.3 is 10.2 Å². The number of carbonyl (C=O) groups excluding carboxylic acids is 2. The zero-order valence-corrected chi connectivity index (χ0v) is 24.9. The standard InChI is InChI=1S/C31H38ClN3O4S/c1-4-20-33-31(37)29(22-25-12-6-5-7-13-25)34(23-26-16-18-27(32)19-17-26)30(36)15-10-21-35(40(3,38)39)28-14-9-8-11-24(28)2/h5-9,11-14,16-19,29H,4,10,15,20-23H2,1-3H3,(H,33,37)/t29-/m0/s1. The molecule has 9 heteroatoms. The van der Waals surface area contributed by atoms with Gasteiger partial charge in [0.2, 0.25) is 21.8 Å². The van der Waals surface area contributed by atoms with Crippen molar-refractivity contribution in [3.63, 3.8) is 0 Å². The minimum absolute atomic E-state index is 0.0812. The Balaban J connectivity index is 1.87. The lowest BCUT2D eigenvalue weighted by atomic mass is 10.0. The second-order valence-corrected chi connectivity index (χ2v) is 12.2. The Morgan fingerprint density at radius 2 is 1.57 bits per heavy atom. The molecule has 0 aliphatic heterocycles. The van der Waals surface area contributed by atoms with E-state index in [0.29, 0.717) is 30.1 Å². The predicted octanol–water partition coefficient (Wildman–Crippen LogP) is 5.36. The molecule has 0 saturated heterocycles. The first-order chi connectivity index (χ1) is 19.1. The molecule has 3 rings (SSSR count). The van der Waals surface area contributed by atoms with Crippen molar-refractivity contribution >= 4 is 39.1 Å². The summed E-state index contributed by atoms with van der Waals surface area (Å²) < 4.78 is 26.6. The van der Waals surface area contributed by atoms with Crippen molar-refractivity contribution in [1.82, 2.24) is 10.2 Å². The van der Waals surface area contributed by atoms with Gasteiger partial charge in [0, 0.05) is 37.5 Å². The van der Waals surface area contributed by atoms with Gasteiger partial charge in [0.1, 0.15) is 6.04 Å². The zero-order chi connectivity index (χ0) is 29.1. The summed E-state index contributed by atoms with van der Waals surface area (Å²) in [6.45, 7) is 4.71. The molecule has 1 atom stereocenters. The number of nitrogens with one attached hydrogen (secondary N) is 1. The Kier molecular flexibility index (Phi) is 11.6. The lowest BCUT2D eigenvalue weighted by molar-refractivity contribution is -0.141. The van der Waals surface area contributed by atoms with Crippen LogP contribution in [0.5, 0.6) is 0 Å². The van der Waals surface area contributed by atoms with Crippen LogP contribution in [0.3, 0.4) is 0 Å². The highest BCUT2D eigenvalue weighted by molar-refractivity contribution is 7.92. The predicted molar refractivity (Wildman–Crippen MR) is 162 cm³/mol. The maximum Gasteiger partial charge on any atom is 0.243 e. The first-order valence-electron chi connectivity index (χ1n) is 13.5. The van der Waals surface area contributed by atoms with Gasteiger partial charge in [0.15, 0.2) is 0 Å². The molecule has 0 fully saturated rings. The summed E-state index contributed by atoms with van der Waals surface area (Å²) in [5.41, 5.74) is 3.21. The van der Waals surface area contributed by atoms with Crippen molar-refractivity contribution < 1.29 is 18.0 Å². The van der Waals surface area contributed by atoms with Gasteiger partial charge in [0.25, 0.3) is 0 Å². The molecule has 3 aromatic carbocycles. The van der Waals surface area contributed by atoms with Crippen molar-refractivity contribution in [3.8, 4) is 0 Å². The third-order valence-electron chi connectivity index (χ3n) is 6.62. The van der Waals surface area contributed by atoms with E-state index in [9.17, 15) is 18.0 Å². The summed E-state index contributed by atoms with van der Waals surface area (Å²) in [5.74, 6) is -0.438. The van der Waals surface area contributed by atoms with Crippen molar-refractivity contribution in [2.24, 2.45) is 0 Å². The van der Waals surface area contributed by atoms with Crippen LogP contribution in [0.1, 0.15) is 42.9 Å². The van der Waals surface area contributed by atoms with Crippen molar-refractivity contribution in [2.45, 2.75) is 52.1 Å². The third-order valence-corrected chi connectivity index (χ3v) is 8.05. The minimum Gasteiger partial charge on any atom is -0.354 e. The smallest absolute Gasteiger partial charge is 0.243 e. The zero-order valence-electron chi connectivity index (χ0n) is 23.3. The number of benzene rings is 3. The molecular formula is C31H38ClN3O4S. The van der Waals surface area contributed by atoms with Crippen LogP contribution in [0.2, 0.25) is 5.02 Å². The number of para-hydroxylation sites is 1. The maximum atomic E-state index is 13.8. The first-order valence-corrected chi connectivity index (χ1v) is 15.7. The lowest BCUT2D eigenvalue weighted by Gasteiger charge is -2.32. The average Bonchev–Trinajstić information content (AvgIpc) is 2.93. The van der Waals surface area contributed by atoms with Crippen LogP contribution in [0.25, 0.3) is 0 Å². The van der Waals surface area contributed by atoms with Gasteiger partial charge >= 0.3 is 0 Å². The molecule has 40 heavy (non-hydrogen) atoms. The Hall–Kier alpha value is -3.36. The van der Waals surface area contributed by atoms with E-state index in [1.165, 1.54) is 10.6 Å². The molecule has 7 nitrogen and oxygen atoms in total. The van der Waals surface area contributed by atoms with Gasteiger partial charge in [0.05, 0.1) is 11.9 Å². The number of carbonyl (C=O) groups is 2. The van der Waals surface area contributed by atoms with E-state index < -0.39 is 16.1 Å². The van der Waals surface area contributed by atoms with Crippen molar-refractivity contribution in [3.05, 3.63) is 101 Å². The number of hydrogen-bond acceptors (Lipinski definition) is 4.